The van der Waals surface area contributed by atoms with Crippen LogP contribution in [-0.4, -0.2) is 13.8 Å². The lowest BCUT2D eigenvalue weighted by atomic mass is 10.2. The highest BCUT2D eigenvalue weighted by molar-refractivity contribution is 7.94. The quantitative estimate of drug-likeness (QED) is 0.450. The van der Waals surface area contributed by atoms with Crippen LogP contribution >= 0.6 is 12.2 Å². The molecule has 0 unspecified atom stereocenters. The van der Waals surface area contributed by atoms with Gasteiger partial charge in [0.1, 0.15) is 0 Å². The van der Waals surface area contributed by atoms with Gasteiger partial charge in [0.25, 0.3) is 0 Å². The fourth-order valence-corrected chi connectivity index (χ4v) is 4.52. The van der Waals surface area contributed by atoms with Crippen molar-refractivity contribution in [2.45, 2.75) is 5.75 Å². The summed E-state index contributed by atoms with van der Waals surface area (Å²) in [6, 6.07) is 27.6. The first-order chi connectivity index (χ1) is 13.2. The fourth-order valence-electron chi connectivity index (χ4n) is 2.99. The van der Waals surface area contributed by atoms with Gasteiger partial charge < -0.3 is 4.98 Å². The first kappa shape index (κ1) is 17.6. The predicted molar refractivity (Wildman–Crippen MR) is 116 cm³/mol. The summed E-state index contributed by atoms with van der Waals surface area (Å²) in [5, 5.41) is 0. The van der Waals surface area contributed by atoms with Crippen molar-refractivity contribution in [2.75, 3.05) is 0 Å². The average molecular weight is 391 g/mol. The summed E-state index contributed by atoms with van der Waals surface area (Å²) < 4.78 is 15.8. The molecule has 3 aromatic carbocycles. The maximum atomic E-state index is 13.3. The maximum Gasteiger partial charge on any atom is 0.182 e. The van der Waals surface area contributed by atoms with Crippen LogP contribution in [0.25, 0.3) is 22.1 Å². The molecule has 3 nitrogen and oxygen atoms in total. The SMILES string of the molecule is O=[S@@](Cc1ccccc1)/C(=C/n1c(=S)[nH]c2ccccc21)c1ccccc1. The topological polar surface area (TPSA) is 37.8 Å². The molecular formula is C22H18N2OS2. The standard InChI is InChI=1S/C22H18N2OS2/c25-27(16-17-9-3-1-4-10-17)21(18-11-5-2-6-12-18)15-24-20-14-8-7-13-19(20)23-22(24)26/h1-15H,16H2,(H,23,26)/b21-15+/t27-/m0/s1. The third-order valence-electron chi connectivity index (χ3n) is 4.31. The van der Waals surface area contributed by atoms with Crippen molar-refractivity contribution in [1.29, 1.82) is 0 Å². The number of H-pyrrole nitrogens is 1. The second-order valence-electron chi connectivity index (χ2n) is 6.15. The number of benzene rings is 3. The minimum atomic E-state index is -1.22. The van der Waals surface area contributed by atoms with Crippen LogP contribution in [0.5, 0.6) is 0 Å². The molecule has 5 heteroatoms. The van der Waals surface area contributed by atoms with Crippen molar-refractivity contribution >= 4 is 45.2 Å². The molecule has 1 aromatic heterocycles. The number of fused-ring (bicyclic) bond motifs is 1. The van der Waals surface area contributed by atoms with Gasteiger partial charge in [-0.25, -0.2) is 0 Å². The van der Waals surface area contributed by atoms with Gasteiger partial charge in [-0.3, -0.25) is 8.78 Å². The monoisotopic (exact) mass is 390 g/mol. The first-order valence-corrected chi connectivity index (χ1v) is 10.3. The normalized spacial score (nSPS) is 13.0. The molecule has 0 saturated carbocycles. The Hall–Kier alpha value is -2.76. The number of nitrogens with one attached hydrogen (secondary N) is 1. The number of imidazole rings is 1. The van der Waals surface area contributed by atoms with Gasteiger partial charge in [-0.1, -0.05) is 72.8 Å². The Bertz CT molecular complexity index is 1180. The van der Waals surface area contributed by atoms with Crippen LogP contribution in [0.4, 0.5) is 0 Å². The van der Waals surface area contributed by atoms with Crippen LogP contribution in [0, 0.1) is 4.77 Å². The highest BCUT2D eigenvalue weighted by Crippen LogP contribution is 2.24. The van der Waals surface area contributed by atoms with E-state index in [1.807, 2.05) is 95.7 Å². The molecule has 1 atom stereocenters. The molecule has 4 aromatic rings. The number of hydrogen-bond donors (Lipinski definition) is 1. The van der Waals surface area contributed by atoms with E-state index < -0.39 is 10.8 Å². The lowest BCUT2D eigenvalue weighted by molar-refractivity contribution is 0.688. The summed E-state index contributed by atoms with van der Waals surface area (Å²) in [6.07, 6.45) is 1.90. The molecule has 27 heavy (non-hydrogen) atoms. The Morgan fingerprint density at radius 3 is 2.30 bits per heavy atom. The highest BCUT2D eigenvalue weighted by atomic mass is 32.2. The summed E-state index contributed by atoms with van der Waals surface area (Å²) in [7, 11) is -1.22. The maximum absolute atomic E-state index is 13.3. The predicted octanol–water partition coefficient (Wildman–Crippen LogP) is 5.60. The Kier molecular flexibility index (Phi) is 5.14. The van der Waals surface area contributed by atoms with Crippen LogP contribution in [0.15, 0.2) is 84.9 Å². The lowest BCUT2D eigenvalue weighted by Crippen LogP contribution is -2.01. The van der Waals surface area contributed by atoms with E-state index >= 15 is 0 Å². The van der Waals surface area contributed by atoms with Gasteiger partial charge in [0, 0.05) is 6.20 Å². The van der Waals surface area contributed by atoms with Crippen molar-refractivity contribution in [2.24, 2.45) is 0 Å². The molecule has 0 fully saturated rings. The molecule has 0 spiro atoms. The molecule has 0 bridgehead atoms. The third-order valence-corrected chi connectivity index (χ3v) is 6.04. The summed E-state index contributed by atoms with van der Waals surface area (Å²) in [6.45, 7) is 0. The second kappa shape index (κ2) is 7.86. The van der Waals surface area contributed by atoms with Gasteiger partial charge in [-0.15, -0.1) is 0 Å². The zero-order chi connectivity index (χ0) is 18.6. The zero-order valence-electron chi connectivity index (χ0n) is 14.5. The molecule has 0 aliphatic heterocycles. The van der Waals surface area contributed by atoms with E-state index in [-0.39, 0.29) is 0 Å². The van der Waals surface area contributed by atoms with Crippen molar-refractivity contribution in [3.8, 4) is 0 Å². The summed E-state index contributed by atoms with van der Waals surface area (Å²) in [4.78, 5) is 3.96. The molecule has 0 amide bonds. The zero-order valence-corrected chi connectivity index (χ0v) is 16.2. The molecule has 0 radical (unpaired) electrons. The highest BCUT2D eigenvalue weighted by Gasteiger charge is 2.13. The Morgan fingerprint density at radius 2 is 1.56 bits per heavy atom. The summed E-state index contributed by atoms with van der Waals surface area (Å²) >= 11 is 5.50. The average Bonchev–Trinajstić information content (AvgIpc) is 3.02. The van der Waals surface area contributed by atoms with Crippen LogP contribution in [-0.2, 0) is 16.6 Å². The molecule has 1 heterocycles. The van der Waals surface area contributed by atoms with Crippen LogP contribution in [0.1, 0.15) is 11.1 Å². The Morgan fingerprint density at radius 1 is 0.926 bits per heavy atom. The second-order valence-corrected chi connectivity index (χ2v) is 7.96. The van der Waals surface area contributed by atoms with E-state index in [4.69, 9.17) is 12.2 Å². The van der Waals surface area contributed by atoms with E-state index in [0.29, 0.717) is 10.5 Å². The van der Waals surface area contributed by atoms with Gasteiger partial charge >= 0.3 is 0 Å². The van der Waals surface area contributed by atoms with Gasteiger partial charge in [0.05, 0.1) is 32.5 Å². The summed E-state index contributed by atoms with van der Waals surface area (Å²) in [5.41, 5.74) is 3.90. The van der Waals surface area contributed by atoms with Crippen molar-refractivity contribution in [3.63, 3.8) is 0 Å². The number of hydrogen-bond acceptors (Lipinski definition) is 2. The largest absolute Gasteiger partial charge is 0.330 e. The van der Waals surface area contributed by atoms with Crippen LogP contribution < -0.4 is 0 Å². The first-order valence-electron chi connectivity index (χ1n) is 8.61. The van der Waals surface area contributed by atoms with E-state index in [0.717, 1.165) is 27.1 Å². The number of aromatic nitrogens is 2. The lowest BCUT2D eigenvalue weighted by Gasteiger charge is -2.09. The molecule has 134 valence electrons. The Balaban J connectivity index is 1.83. The summed E-state index contributed by atoms with van der Waals surface area (Å²) in [5.74, 6) is 0.456. The van der Waals surface area contributed by atoms with Gasteiger partial charge in [-0.05, 0) is 35.5 Å². The number of aromatic amines is 1. The van der Waals surface area contributed by atoms with Crippen LogP contribution in [0.3, 0.4) is 0 Å². The molecule has 4 rings (SSSR count). The fraction of sp³-hybridized carbons (Fsp3) is 0.0455. The molecular weight excluding hydrogens is 372 g/mol. The van der Waals surface area contributed by atoms with E-state index in [2.05, 4.69) is 4.98 Å². The van der Waals surface area contributed by atoms with E-state index in [1.54, 1.807) is 0 Å². The van der Waals surface area contributed by atoms with E-state index in [9.17, 15) is 4.21 Å². The number of rotatable bonds is 5. The molecule has 0 aliphatic rings. The van der Waals surface area contributed by atoms with Crippen LogP contribution in [0.2, 0.25) is 0 Å². The van der Waals surface area contributed by atoms with Gasteiger partial charge in [0.2, 0.25) is 0 Å². The number of nitrogens with zero attached hydrogens (tertiary/aromatic N) is 1. The van der Waals surface area contributed by atoms with E-state index in [1.165, 1.54) is 0 Å². The minimum absolute atomic E-state index is 0.456. The third kappa shape index (κ3) is 3.84. The molecule has 0 aliphatic carbocycles. The van der Waals surface area contributed by atoms with Gasteiger partial charge in [0.15, 0.2) is 4.77 Å². The number of para-hydroxylation sites is 2. The van der Waals surface area contributed by atoms with Gasteiger partial charge in [-0.2, -0.15) is 0 Å². The Labute approximate surface area is 165 Å². The van der Waals surface area contributed by atoms with Crippen molar-refractivity contribution in [1.82, 2.24) is 9.55 Å². The molecule has 0 saturated heterocycles. The smallest absolute Gasteiger partial charge is 0.182 e. The van der Waals surface area contributed by atoms with Crippen molar-refractivity contribution in [3.05, 3.63) is 101 Å². The minimum Gasteiger partial charge on any atom is -0.330 e. The molecule has 1 N–H and O–H groups in total. The van der Waals surface area contributed by atoms with Crippen molar-refractivity contribution < 1.29 is 4.21 Å².